The molecule has 0 amide bonds. The van der Waals surface area contributed by atoms with Crippen LogP contribution < -0.4 is 0 Å². The summed E-state index contributed by atoms with van der Waals surface area (Å²) >= 11 is 0. The van der Waals surface area contributed by atoms with Crippen molar-refractivity contribution in [1.29, 1.82) is 0 Å². The minimum atomic E-state index is -0.698. The molecule has 1 aromatic carbocycles. The molecule has 0 fully saturated rings. The third-order valence-corrected chi connectivity index (χ3v) is 4.86. The van der Waals surface area contributed by atoms with Crippen LogP contribution >= 0.6 is 0 Å². The molecule has 0 saturated carbocycles. The second-order valence-corrected chi connectivity index (χ2v) is 6.44. The lowest BCUT2D eigenvalue weighted by molar-refractivity contribution is -0.137. The summed E-state index contributed by atoms with van der Waals surface area (Å²) < 4.78 is 0. The molecule has 0 aromatic heterocycles. The molecule has 1 heterocycles. The average Bonchev–Trinajstić information content (AvgIpc) is 2.63. The Morgan fingerprint density at radius 3 is 2.48 bits per heavy atom. The minimum Gasteiger partial charge on any atom is -0.481 e. The molecule has 0 saturated heterocycles. The molecule has 1 aromatic rings. The Hall–Kier alpha value is -1.64. The number of nitrogens with zero attached hydrogens (tertiary/aromatic N) is 1. The molecule has 114 valence electrons. The first kappa shape index (κ1) is 15.7. The van der Waals surface area contributed by atoms with Crippen LogP contribution in [-0.4, -0.2) is 16.8 Å². The maximum absolute atomic E-state index is 10.5. The number of carboxylic acid groups (broad SMARTS) is 1. The van der Waals surface area contributed by atoms with Crippen molar-refractivity contribution < 1.29 is 9.90 Å². The second kappa shape index (κ2) is 6.00. The van der Waals surface area contributed by atoms with E-state index in [-0.39, 0.29) is 11.8 Å². The number of aliphatic carboxylic acids is 1. The molecule has 0 aliphatic carbocycles. The number of carbonyl (C=O) groups is 1. The molecule has 0 spiro atoms. The van der Waals surface area contributed by atoms with E-state index in [2.05, 4.69) is 39.8 Å². The van der Waals surface area contributed by atoms with Crippen LogP contribution in [0.15, 0.2) is 17.1 Å². The summed E-state index contributed by atoms with van der Waals surface area (Å²) in [5.41, 5.74) is 6.24. The average molecular weight is 287 g/mol. The lowest BCUT2D eigenvalue weighted by Crippen LogP contribution is -2.27. The van der Waals surface area contributed by atoms with E-state index in [9.17, 15) is 4.79 Å². The van der Waals surface area contributed by atoms with Crippen molar-refractivity contribution >= 4 is 17.4 Å². The van der Waals surface area contributed by atoms with Crippen molar-refractivity contribution in [3.05, 3.63) is 28.8 Å². The number of aryl methyl sites for hydroxylation is 2. The van der Waals surface area contributed by atoms with Gasteiger partial charge in [-0.05, 0) is 56.4 Å². The second-order valence-electron chi connectivity index (χ2n) is 6.44. The highest BCUT2D eigenvalue weighted by Gasteiger charge is 2.36. The van der Waals surface area contributed by atoms with Crippen LogP contribution in [0.2, 0.25) is 0 Å². The van der Waals surface area contributed by atoms with Gasteiger partial charge < -0.3 is 5.11 Å². The Morgan fingerprint density at radius 1 is 1.14 bits per heavy atom. The Labute approximate surface area is 127 Å². The zero-order chi connectivity index (χ0) is 15.6. The summed E-state index contributed by atoms with van der Waals surface area (Å²) in [7, 11) is 0. The predicted octanol–water partition coefficient (Wildman–Crippen LogP) is 4.70. The van der Waals surface area contributed by atoms with Crippen LogP contribution in [0.3, 0.4) is 0 Å². The van der Waals surface area contributed by atoms with Gasteiger partial charge in [0.1, 0.15) is 0 Å². The van der Waals surface area contributed by atoms with Gasteiger partial charge in [-0.15, -0.1) is 0 Å². The van der Waals surface area contributed by atoms with Crippen LogP contribution in [0.5, 0.6) is 0 Å². The molecular weight excluding hydrogens is 262 g/mol. The summed E-state index contributed by atoms with van der Waals surface area (Å²) in [5, 5.41) is 8.68. The summed E-state index contributed by atoms with van der Waals surface area (Å²) in [6.07, 6.45) is 4.09. The maximum atomic E-state index is 10.5. The fraction of sp³-hybridized carbons (Fsp3) is 0.556. The third kappa shape index (κ3) is 3.17. The molecule has 3 nitrogen and oxygen atoms in total. The Morgan fingerprint density at radius 2 is 1.81 bits per heavy atom. The van der Waals surface area contributed by atoms with Crippen molar-refractivity contribution in [2.45, 2.75) is 65.2 Å². The number of hydrogen-bond acceptors (Lipinski definition) is 2. The van der Waals surface area contributed by atoms with Gasteiger partial charge in [0.2, 0.25) is 0 Å². The van der Waals surface area contributed by atoms with E-state index in [0.717, 1.165) is 31.4 Å². The van der Waals surface area contributed by atoms with Crippen molar-refractivity contribution in [2.75, 3.05) is 0 Å². The van der Waals surface area contributed by atoms with Crippen LogP contribution in [0.1, 0.15) is 62.6 Å². The van der Waals surface area contributed by atoms with Crippen molar-refractivity contribution in [1.82, 2.24) is 0 Å². The smallest absolute Gasteiger partial charge is 0.303 e. The van der Waals surface area contributed by atoms with Gasteiger partial charge in [-0.25, -0.2) is 0 Å². The van der Waals surface area contributed by atoms with E-state index in [1.165, 1.54) is 22.4 Å². The quantitative estimate of drug-likeness (QED) is 0.771. The number of carboxylic acids is 1. The highest BCUT2D eigenvalue weighted by atomic mass is 16.4. The SMILES string of the molecule is CC1=Nc2cc(C)c(C)cc2C1(C)CCCCCC(=O)O. The normalized spacial score (nSPS) is 20.3. The van der Waals surface area contributed by atoms with Gasteiger partial charge in [0.25, 0.3) is 0 Å². The first-order chi connectivity index (χ1) is 9.84. The summed E-state index contributed by atoms with van der Waals surface area (Å²) in [5.74, 6) is -0.698. The highest BCUT2D eigenvalue weighted by molar-refractivity contribution is 6.00. The Bertz CT molecular complexity index is 589. The lowest BCUT2D eigenvalue weighted by Gasteiger charge is -2.27. The summed E-state index contributed by atoms with van der Waals surface area (Å²) in [4.78, 5) is 15.3. The van der Waals surface area contributed by atoms with E-state index in [4.69, 9.17) is 10.1 Å². The van der Waals surface area contributed by atoms with Gasteiger partial charge in [0.15, 0.2) is 0 Å². The highest BCUT2D eigenvalue weighted by Crippen LogP contribution is 2.44. The third-order valence-electron chi connectivity index (χ3n) is 4.86. The van der Waals surface area contributed by atoms with Crippen LogP contribution in [0, 0.1) is 13.8 Å². The first-order valence-corrected chi connectivity index (χ1v) is 7.74. The van der Waals surface area contributed by atoms with Gasteiger partial charge in [-0.1, -0.05) is 25.8 Å². The number of unbranched alkanes of at least 4 members (excludes halogenated alkanes) is 2. The molecule has 0 bridgehead atoms. The van der Waals surface area contributed by atoms with Crippen molar-refractivity contribution in [3.8, 4) is 0 Å². The van der Waals surface area contributed by atoms with E-state index < -0.39 is 5.97 Å². The maximum Gasteiger partial charge on any atom is 0.303 e. The zero-order valence-corrected chi connectivity index (χ0v) is 13.5. The largest absolute Gasteiger partial charge is 0.481 e. The molecule has 1 atom stereocenters. The molecule has 2 rings (SSSR count). The van der Waals surface area contributed by atoms with E-state index >= 15 is 0 Å². The molecule has 0 radical (unpaired) electrons. The fourth-order valence-corrected chi connectivity index (χ4v) is 3.08. The predicted molar refractivity (Wildman–Crippen MR) is 86.8 cm³/mol. The number of hydrogen-bond donors (Lipinski definition) is 1. The first-order valence-electron chi connectivity index (χ1n) is 7.74. The monoisotopic (exact) mass is 287 g/mol. The number of rotatable bonds is 6. The van der Waals surface area contributed by atoms with E-state index in [1.54, 1.807) is 0 Å². The minimum absolute atomic E-state index is 0.0109. The number of aliphatic imine (C=N–C) groups is 1. The molecule has 1 N–H and O–H groups in total. The number of benzene rings is 1. The van der Waals surface area contributed by atoms with Gasteiger partial charge in [-0.2, -0.15) is 0 Å². The molecule has 21 heavy (non-hydrogen) atoms. The van der Waals surface area contributed by atoms with Gasteiger partial charge in [-0.3, -0.25) is 9.79 Å². The van der Waals surface area contributed by atoms with Crippen LogP contribution in [0.25, 0.3) is 0 Å². The zero-order valence-electron chi connectivity index (χ0n) is 13.5. The summed E-state index contributed by atoms with van der Waals surface area (Å²) in [6.45, 7) is 8.66. The molecular formula is C18H25NO2. The molecule has 1 aliphatic heterocycles. The van der Waals surface area contributed by atoms with E-state index in [0.29, 0.717) is 0 Å². The molecule has 3 heteroatoms. The standard InChI is InChI=1S/C18H25NO2/c1-12-10-15-16(11-13(12)2)19-14(3)18(15,4)9-7-5-6-8-17(20)21/h10-11H,5-9H2,1-4H3,(H,20,21). The Balaban J connectivity index is 2.08. The topological polar surface area (TPSA) is 49.7 Å². The van der Waals surface area contributed by atoms with Crippen molar-refractivity contribution in [3.63, 3.8) is 0 Å². The van der Waals surface area contributed by atoms with Crippen LogP contribution in [0.4, 0.5) is 5.69 Å². The Kier molecular flexibility index (Phi) is 4.50. The van der Waals surface area contributed by atoms with Gasteiger partial charge >= 0.3 is 5.97 Å². The summed E-state index contributed by atoms with van der Waals surface area (Å²) in [6, 6.07) is 4.46. The van der Waals surface area contributed by atoms with Gasteiger partial charge in [0, 0.05) is 17.5 Å². The lowest BCUT2D eigenvalue weighted by atomic mass is 9.75. The molecule has 1 unspecified atom stereocenters. The van der Waals surface area contributed by atoms with Crippen molar-refractivity contribution in [2.24, 2.45) is 4.99 Å². The van der Waals surface area contributed by atoms with E-state index in [1.807, 2.05) is 0 Å². The van der Waals surface area contributed by atoms with Crippen LogP contribution in [-0.2, 0) is 10.2 Å². The fourth-order valence-electron chi connectivity index (χ4n) is 3.08. The van der Waals surface area contributed by atoms with Gasteiger partial charge in [0.05, 0.1) is 5.69 Å². The molecule has 1 aliphatic rings. The number of fused-ring (bicyclic) bond motifs is 1.